The number of nitrogens with zero attached hydrogens (tertiary/aromatic N) is 1. The predicted octanol–water partition coefficient (Wildman–Crippen LogP) is 1.25. The molecule has 0 spiro atoms. The van der Waals surface area contributed by atoms with Crippen LogP contribution in [0.5, 0.6) is 0 Å². The van der Waals surface area contributed by atoms with Gasteiger partial charge in [0, 0.05) is 24.5 Å². The molecule has 0 bridgehead atoms. The van der Waals surface area contributed by atoms with Crippen LogP contribution in [0.3, 0.4) is 0 Å². The molecule has 3 nitrogen and oxygen atoms in total. The van der Waals surface area contributed by atoms with E-state index in [0.717, 1.165) is 26.3 Å². The Morgan fingerprint density at radius 1 is 1.53 bits per heavy atom. The Labute approximate surface area is 94.8 Å². The van der Waals surface area contributed by atoms with E-state index in [4.69, 9.17) is 10.5 Å². The number of hydrogen-bond donors (Lipinski definition) is 1. The van der Waals surface area contributed by atoms with Crippen LogP contribution in [-0.4, -0.2) is 37.7 Å². The highest BCUT2D eigenvalue weighted by molar-refractivity contribution is 7.10. The van der Waals surface area contributed by atoms with Gasteiger partial charge in [0.2, 0.25) is 0 Å². The maximum Gasteiger partial charge on any atom is 0.0650 e. The first-order valence-corrected chi connectivity index (χ1v) is 6.22. The Hall–Kier alpha value is -0.420. The van der Waals surface area contributed by atoms with Gasteiger partial charge in [0.25, 0.3) is 0 Å². The van der Waals surface area contributed by atoms with Crippen LogP contribution in [0.15, 0.2) is 17.5 Å². The minimum absolute atomic E-state index is 0.0159. The summed E-state index contributed by atoms with van der Waals surface area (Å²) in [5.41, 5.74) is 5.94. The van der Waals surface area contributed by atoms with E-state index in [1.807, 2.05) is 0 Å². The van der Waals surface area contributed by atoms with Crippen molar-refractivity contribution < 1.29 is 4.74 Å². The van der Waals surface area contributed by atoms with Gasteiger partial charge in [0.05, 0.1) is 18.8 Å². The van der Waals surface area contributed by atoms with E-state index >= 15 is 0 Å². The molecule has 0 saturated carbocycles. The zero-order valence-electron chi connectivity index (χ0n) is 9.11. The van der Waals surface area contributed by atoms with Crippen molar-refractivity contribution >= 4 is 11.3 Å². The molecule has 4 heteroatoms. The van der Waals surface area contributed by atoms with Gasteiger partial charge in [-0.2, -0.15) is 0 Å². The van der Waals surface area contributed by atoms with E-state index < -0.39 is 0 Å². The molecular formula is C11H18N2OS. The zero-order valence-corrected chi connectivity index (χ0v) is 9.93. The monoisotopic (exact) mass is 226 g/mol. The Kier molecular flexibility index (Phi) is 3.41. The number of thiophene rings is 1. The molecule has 2 rings (SSSR count). The van der Waals surface area contributed by atoms with Crippen LogP contribution in [0.2, 0.25) is 0 Å². The molecule has 1 fully saturated rings. The molecule has 1 aliphatic rings. The smallest absolute Gasteiger partial charge is 0.0650 e. The number of nitrogens with two attached hydrogens (primary N) is 1. The fraction of sp³-hybridized carbons (Fsp3) is 0.636. The molecule has 2 N–H and O–H groups in total. The third-order valence-corrected chi connectivity index (χ3v) is 4.28. The van der Waals surface area contributed by atoms with Crippen LogP contribution in [0, 0.1) is 0 Å². The van der Waals surface area contributed by atoms with Crippen molar-refractivity contribution in [1.82, 2.24) is 4.90 Å². The van der Waals surface area contributed by atoms with Gasteiger partial charge in [-0.1, -0.05) is 6.07 Å². The summed E-state index contributed by atoms with van der Waals surface area (Å²) in [5, 5.41) is 2.11. The summed E-state index contributed by atoms with van der Waals surface area (Å²) in [6.07, 6.45) is 0. The molecule has 0 unspecified atom stereocenters. The van der Waals surface area contributed by atoms with Crippen molar-refractivity contribution in [3.05, 3.63) is 22.4 Å². The van der Waals surface area contributed by atoms with E-state index in [1.54, 1.807) is 11.3 Å². The summed E-state index contributed by atoms with van der Waals surface area (Å²) < 4.78 is 5.38. The lowest BCUT2D eigenvalue weighted by Gasteiger charge is -2.42. The van der Waals surface area contributed by atoms with E-state index in [2.05, 4.69) is 29.3 Å². The third-order valence-electron chi connectivity index (χ3n) is 3.16. The standard InChI is InChI=1S/C11H18N2OS/c1-11(9-12,10-3-2-8-15-10)13-4-6-14-7-5-13/h2-3,8H,4-7,9,12H2,1H3/t11-/m1/s1. The Morgan fingerprint density at radius 3 is 2.80 bits per heavy atom. The fourth-order valence-corrected chi connectivity index (χ4v) is 2.95. The largest absolute Gasteiger partial charge is 0.379 e. The minimum atomic E-state index is -0.0159. The van der Waals surface area contributed by atoms with Gasteiger partial charge in [0.1, 0.15) is 0 Å². The Bertz CT molecular complexity index is 296. The molecule has 0 aliphatic carbocycles. The Balaban J connectivity index is 2.20. The summed E-state index contributed by atoms with van der Waals surface area (Å²) in [4.78, 5) is 3.79. The average Bonchev–Trinajstić information content (AvgIpc) is 2.83. The molecule has 1 atom stereocenters. The van der Waals surface area contributed by atoms with Gasteiger partial charge < -0.3 is 10.5 Å². The van der Waals surface area contributed by atoms with E-state index in [1.165, 1.54) is 4.88 Å². The number of rotatable bonds is 3. The van der Waals surface area contributed by atoms with Crippen molar-refractivity contribution in [2.24, 2.45) is 5.73 Å². The van der Waals surface area contributed by atoms with Crippen molar-refractivity contribution in [2.75, 3.05) is 32.8 Å². The molecule has 1 aromatic rings. The molecule has 2 heterocycles. The summed E-state index contributed by atoms with van der Waals surface area (Å²) in [7, 11) is 0. The molecule has 84 valence electrons. The molecule has 1 aromatic heterocycles. The normalized spacial score (nSPS) is 22.5. The molecule has 1 aliphatic heterocycles. The van der Waals surface area contributed by atoms with Crippen molar-refractivity contribution in [3.63, 3.8) is 0 Å². The van der Waals surface area contributed by atoms with Crippen LogP contribution >= 0.6 is 11.3 Å². The summed E-state index contributed by atoms with van der Waals surface area (Å²) in [6, 6.07) is 4.27. The van der Waals surface area contributed by atoms with Crippen LogP contribution in [-0.2, 0) is 10.3 Å². The second-order valence-corrected chi connectivity index (χ2v) is 5.00. The predicted molar refractivity (Wildman–Crippen MR) is 63.1 cm³/mol. The molecule has 0 radical (unpaired) electrons. The fourth-order valence-electron chi connectivity index (χ4n) is 2.03. The maximum absolute atomic E-state index is 5.95. The quantitative estimate of drug-likeness (QED) is 0.843. The maximum atomic E-state index is 5.95. The average molecular weight is 226 g/mol. The second-order valence-electron chi connectivity index (χ2n) is 4.05. The molecule has 0 aromatic carbocycles. The summed E-state index contributed by atoms with van der Waals surface area (Å²) in [5.74, 6) is 0. The van der Waals surface area contributed by atoms with Crippen molar-refractivity contribution in [2.45, 2.75) is 12.5 Å². The highest BCUT2D eigenvalue weighted by Gasteiger charge is 2.34. The van der Waals surface area contributed by atoms with Gasteiger partial charge in [-0.15, -0.1) is 11.3 Å². The van der Waals surface area contributed by atoms with Gasteiger partial charge in [-0.25, -0.2) is 0 Å². The van der Waals surface area contributed by atoms with Crippen molar-refractivity contribution in [1.29, 1.82) is 0 Å². The first-order chi connectivity index (χ1) is 7.27. The van der Waals surface area contributed by atoms with Crippen molar-refractivity contribution in [3.8, 4) is 0 Å². The lowest BCUT2D eigenvalue weighted by molar-refractivity contribution is -0.0140. The minimum Gasteiger partial charge on any atom is -0.379 e. The Morgan fingerprint density at radius 2 is 2.27 bits per heavy atom. The van der Waals surface area contributed by atoms with E-state index in [9.17, 15) is 0 Å². The van der Waals surface area contributed by atoms with Crippen LogP contribution in [0.1, 0.15) is 11.8 Å². The summed E-state index contributed by atoms with van der Waals surface area (Å²) >= 11 is 1.79. The van der Waals surface area contributed by atoms with Crippen LogP contribution < -0.4 is 5.73 Å². The number of hydrogen-bond acceptors (Lipinski definition) is 4. The zero-order chi connectivity index (χ0) is 10.7. The number of ether oxygens (including phenoxy) is 1. The molecule has 1 saturated heterocycles. The second kappa shape index (κ2) is 4.61. The SMILES string of the molecule is C[C@@](CN)(c1cccs1)N1CCOCC1. The first-order valence-electron chi connectivity index (χ1n) is 5.34. The summed E-state index contributed by atoms with van der Waals surface area (Å²) in [6.45, 7) is 6.48. The molecule has 0 amide bonds. The first kappa shape index (κ1) is 11.1. The lowest BCUT2D eigenvalue weighted by atomic mass is 9.97. The van der Waals surface area contributed by atoms with Crippen LogP contribution in [0.25, 0.3) is 0 Å². The topological polar surface area (TPSA) is 38.5 Å². The van der Waals surface area contributed by atoms with Gasteiger partial charge in [-0.05, 0) is 18.4 Å². The van der Waals surface area contributed by atoms with Gasteiger partial charge in [-0.3, -0.25) is 4.90 Å². The van der Waals surface area contributed by atoms with Gasteiger partial charge >= 0.3 is 0 Å². The third kappa shape index (κ3) is 2.08. The lowest BCUT2D eigenvalue weighted by Crippen LogP contribution is -2.53. The molecular weight excluding hydrogens is 208 g/mol. The van der Waals surface area contributed by atoms with Gasteiger partial charge in [0.15, 0.2) is 0 Å². The molecule has 15 heavy (non-hydrogen) atoms. The number of morpholine rings is 1. The van der Waals surface area contributed by atoms with E-state index in [-0.39, 0.29) is 5.54 Å². The highest BCUT2D eigenvalue weighted by Crippen LogP contribution is 2.31. The highest BCUT2D eigenvalue weighted by atomic mass is 32.1. The van der Waals surface area contributed by atoms with Crippen LogP contribution in [0.4, 0.5) is 0 Å². The van der Waals surface area contributed by atoms with E-state index in [0.29, 0.717) is 6.54 Å².